The maximum absolute atomic E-state index is 12.7. The second-order valence-corrected chi connectivity index (χ2v) is 7.37. The molecule has 1 heterocycles. The van der Waals surface area contributed by atoms with Crippen LogP contribution in [0.5, 0.6) is 0 Å². The molecule has 0 radical (unpaired) electrons. The van der Waals surface area contributed by atoms with Gasteiger partial charge in [-0.15, -0.1) is 0 Å². The standard InChI is InChI=1S/C18H26N2O5/c1-17(2,3)25-16(23)19-18(9-6-5-7-10-18)12-14(21)20-11-8-13(20)15(22)24-4/h5-7,9,13H,8,10-12H2,1-4H3,(H,19,23)/t13-,18+/m0/s1. The molecule has 25 heavy (non-hydrogen) atoms. The lowest BCUT2D eigenvalue weighted by Gasteiger charge is -2.41. The van der Waals surface area contributed by atoms with E-state index in [9.17, 15) is 14.4 Å². The van der Waals surface area contributed by atoms with Crippen LogP contribution >= 0.6 is 0 Å². The smallest absolute Gasteiger partial charge is 0.408 e. The van der Waals surface area contributed by atoms with Gasteiger partial charge in [0.25, 0.3) is 0 Å². The minimum Gasteiger partial charge on any atom is -0.467 e. The molecule has 2 aliphatic rings. The van der Waals surface area contributed by atoms with Gasteiger partial charge in [0, 0.05) is 6.54 Å². The van der Waals surface area contributed by atoms with Crippen molar-refractivity contribution < 1.29 is 23.9 Å². The van der Waals surface area contributed by atoms with Crippen LogP contribution in [-0.4, -0.2) is 53.7 Å². The third-order valence-electron chi connectivity index (χ3n) is 4.17. The molecule has 2 amide bonds. The average Bonchev–Trinajstić information content (AvgIpc) is 2.44. The van der Waals surface area contributed by atoms with Crippen LogP contribution in [0.15, 0.2) is 24.3 Å². The summed E-state index contributed by atoms with van der Waals surface area (Å²) >= 11 is 0. The first-order valence-electron chi connectivity index (χ1n) is 8.39. The van der Waals surface area contributed by atoms with Crippen LogP contribution < -0.4 is 5.32 Å². The number of carbonyl (C=O) groups excluding carboxylic acids is 3. The number of esters is 1. The zero-order valence-corrected chi connectivity index (χ0v) is 15.2. The Morgan fingerprint density at radius 3 is 2.48 bits per heavy atom. The van der Waals surface area contributed by atoms with E-state index in [-0.39, 0.29) is 12.3 Å². The van der Waals surface area contributed by atoms with E-state index in [0.29, 0.717) is 19.4 Å². The van der Waals surface area contributed by atoms with Crippen LogP contribution in [0.2, 0.25) is 0 Å². The first-order chi connectivity index (χ1) is 11.7. The predicted octanol–water partition coefficient (Wildman–Crippen LogP) is 1.93. The number of rotatable bonds is 4. The summed E-state index contributed by atoms with van der Waals surface area (Å²) in [7, 11) is 1.31. The highest BCUT2D eigenvalue weighted by Crippen LogP contribution is 2.27. The van der Waals surface area contributed by atoms with Crippen molar-refractivity contribution in [2.24, 2.45) is 0 Å². The van der Waals surface area contributed by atoms with Crippen molar-refractivity contribution in [2.75, 3.05) is 13.7 Å². The molecule has 0 saturated carbocycles. The number of likely N-dealkylation sites (tertiary alicyclic amines) is 1. The fourth-order valence-electron chi connectivity index (χ4n) is 2.88. The molecular formula is C18H26N2O5. The van der Waals surface area contributed by atoms with Gasteiger partial charge in [-0.25, -0.2) is 9.59 Å². The highest BCUT2D eigenvalue weighted by atomic mass is 16.6. The number of nitrogens with one attached hydrogen (secondary N) is 1. The molecule has 7 heteroatoms. The number of ether oxygens (including phenoxy) is 2. The second kappa shape index (κ2) is 7.29. The van der Waals surface area contributed by atoms with Crippen LogP contribution in [0.4, 0.5) is 4.79 Å². The SMILES string of the molecule is COC(=O)[C@@H]1CCN1C(=O)C[C@@]1(NC(=O)OC(C)(C)C)C=CC=CC1. The van der Waals surface area contributed by atoms with E-state index in [0.717, 1.165) is 0 Å². The lowest BCUT2D eigenvalue weighted by Crippen LogP contribution is -2.59. The Morgan fingerprint density at radius 1 is 1.28 bits per heavy atom. The summed E-state index contributed by atoms with van der Waals surface area (Å²) in [6.45, 7) is 5.85. The van der Waals surface area contributed by atoms with Gasteiger partial charge >= 0.3 is 12.1 Å². The maximum Gasteiger partial charge on any atom is 0.408 e. The van der Waals surface area contributed by atoms with Gasteiger partial charge < -0.3 is 19.7 Å². The fraction of sp³-hybridized carbons (Fsp3) is 0.611. The number of allylic oxidation sites excluding steroid dienone is 2. The molecule has 2 atom stereocenters. The zero-order valence-electron chi connectivity index (χ0n) is 15.2. The van der Waals surface area contributed by atoms with Gasteiger partial charge in [-0.05, 0) is 33.6 Å². The summed E-state index contributed by atoms with van der Waals surface area (Å²) in [5.41, 5.74) is -1.48. The molecule has 0 aromatic carbocycles. The van der Waals surface area contributed by atoms with Gasteiger partial charge in [0.05, 0.1) is 19.1 Å². The second-order valence-electron chi connectivity index (χ2n) is 7.37. The Hall–Kier alpha value is -2.31. The van der Waals surface area contributed by atoms with Crippen LogP contribution in [0.25, 0.3) is 0 Å². The molecular weight excluding hydrogens is 324 g/mol. The molecule has 1 saturated heterocycles. The monoisotopic (exact) mass is 350 g/mol. The van der Waals surface area contributed by atoms with E-state index in [4.69, 9.17) is 9.47 Å². The highest BCUT2D eigenvalue weighted by molar-refractivity contribution is 5.87. The highest BCUT2D eigenvalue weighted by Gasteiger charge is 2.42. The molecule has 2 rings (SSSR count). The van der Waals surface area contributed by atoms with E-state index < -0.39 is 29.2 Å². The fourth-order valence-corrected chi connectivity index (χ4v) is 2.88. The molecule has 0 aromatic rings. The van der Waals surface area contributed by atoms with Crippen LogP contribution in [-0.2, 0) is 19.1 Å². The zero-order chi connectivity index (χ0) is 18.7. The predicted molar refractivity (Wildman–Crippen MR) is 91.7 cm³/mol. The van der Waals surface area contributed by atoms with Gasteiger partial charge in [-0.2, -0.15) is 0 Å². The minimum atomic E-state index is -0.857. The van der Waals surface area contributed by atoms with Crippen LogP contribution in [0.1, 0.15) is 40.0 Å². The Bertz CT molecular complexity index is 605. The van der Waals surface area contributed by atoms with E-state index in [1.807, 2.05) is 12.2 Å². The van der Waals surface area contributed by atoms with E-state index in [2.05, 4.69) is 5.32 Å². The Balaban J connectivity index is 2.06. The summed E-state index contributed by atoms with van der Waals surface area (Å²) in [6, 6.07) is -0.529. The number of nitrogens with zero attached hydrogens (tertiary/aromatic N) is 1. The Morgan fingerprint density at radius 2 is 2.00 bits per heavy atom. The van der Waals surface area contributed by atoms with Crippen LogP contribution in [0, 0.1) is 0 Å². The van der Waals surface area contributed by atoms with Gasteiger partial charge in [-0.3, -0.25) is 4.79 Å². The van der Waals surface area contributed by atoms with Gasteiger partial charge in [0.1, 0.15) is 11.6 Å². The largest absolute Gasteiger partial charge is 0.467 e. The van der Waals surface area contributed by atoms with Crippen molar-refractivity contribution in [3.63, 3.8) is 0 Å². The first-order valence-corrected chi connectivity index (χ1v) is 8.39. The van der Waals surface area contributed by atoms with Crippen molar-refractivity contribution >= 4 is 18.0 Å². The van der Waals surface area contributed by atoms with E-state index >= 15 is 0 Å². The summed E-state index contributed by atoms with van der Waals surface area (Å²) in [5.74, 6) is -0.606. The molecule has 1 N–H and O–H groups in total. The van der Waals surface area contributed by atoms with Crippen molar-refractivity contribution in [1.29, 1.82) is 0 Å². The normalized spacial score (nSPS) is 25.1. The minimum absolute atomic E-state index is 0.0561. The number of alkyl carbamates (subject to hydrolysis) is 1. The lowest BCUT2D eigenvalue weighted by atomic mass is 9.86. The molecule has 0 bridgehead atoms. The number of methoxy groups -OCH3 is 1. The first kappa shape index (κ1) is 19.0. The van der Waals surface area contributed by atoms with Crippen molar-refractivity contribution in [2.45, 2.75) is 57.2 Å². The van der Waals surface area contributed by atoms with E-state index in [1.165, 1.54) is 12.0 Å². The maximum atomic E-state index is 12.7. The molecule has 1 aliphatic heterocycles. The number of hydrogen-bond acceptors (Lipinski definition) is 5. The molecule has 1 fully saturated rings. The third kappa shape index (κ3) is 4.84. The number of carbonyl (C=O) groups is 3. The molecule has 0 spiro atoms. The third-order valence-corrected chi connectivity index (χ3v) is 4.17. The molecule has 0 unspecified atom stereocenters. The summed E-state index contributed by atoms with van der Waals surface area (Å²) < 4.78 is 10.0. The molecule has 7 nitrogen and oxygen atoms in total. The number of hydrogen-bond donors (Lipinski definition) is 1. The average molecular weight is 350 g/mol. The van der Waals surface area contributed by atoms with Crippen molar-refractivity contribution in [3.8, 4) is 0 Å². The Labute approximate surface area is 148 Å². The molecule has 138 valence electrons. The van der Waals surface area contributed by atoms with Crippen molar-refractivity contribution in [1.82, 2.24) is 10.2 Å². The van der Waals surface area contributed by atoms with E-state index in [1.54, 1.807) is 32.9 Å². The van der Waals surface area contributed by atoms with Crippen molar-refractivity contribution in [3.05, 3.63) is 24.3 Å². The number of amides is 2. The summed E-state index contributed by atoms with van der Waals surface area (Å²) in [4.78, 5) is 38.0. The molecule has 0 aromatic heterocycles. The lowest BCUT2D eigenvalue weighted by molar-refractivity contribution is -0.160. The molecule has 1 aliphatic carbocycles. The van der Waals surface area contributed by atoms with Gasteiger partial charge in [0.2, 0.25) is 5.91 Å². The summed E-state index contributed by atoms with van der Waals surface area (Å²) in [6.07, 6.45) is 7.89. The van der Waals surface area contributed by atoms with Gasteiger partial charge in [-0.1, -0.05) is 24.3 Å². The van der Waals surface area contributed by atoms with Crippen LogP contribution in [0.3, 0.4) is 0 Å². The van der Waals surface area contributed by atoms with Gasteiger partial charge in [0.15, 0.2) is 0 Å². The Kier molecular flexibility index (Phi) is 5.55. The quantitative estimate of drug-likeness (QED) is 0.783. The summed E-state index contributed by atoms with van der Waals surface area (Å²) in [5, 5.41) is 2.82. The topological polar surface area (TPSA) is 84.9 Å².